The van der Waals surface area contributed by atoms with Crippen molar-refractivity contribution in [3.8, 4) is 0 Å². The van der Waals surface area contributed by atoms with Crippen molar-refractivity contribution in [3.05, 3.63) is 34.3 Å². The molecule has 0 fully saturated rings. The number of hydrogen-bond acceptors (Lipinski definition) is 1. The van der Waals surface area contributed by atoms with E-state index in [0.717, 1.165) is 0 Å². The summed E-state index contributed by atoms with van der Waals surface area (Å²) in [6.07, 6.45) is -4.46. The minimum absolute atomic E-state index is 0.0421. The SMILES string of the molecule is Cc1ccc(Cl)c(C(N)C(F)(F)F)c1. The standard InChI is InChI=1S/C9H9ClF3N/c1-5-2-3-7(10)6(4-5)8(14)9(11,12)13/h2-4,8H,14H2,1H3. The number of nitrogens with two attached hydrogens (primary N) is 1. The zero-order valence-electron chi connectivity index (χ0n) is 7.40. The maximum absolute atomic E-state index is 12.3. The molecule has 0 amide bonds. The number of aryl methyl sites for hydroxylation is 1. The highest BCUT2D eigenvalue weighted by molar-refractivity contribution is 6.31. The lowest BCUT2D eigenvalue weighted by Crippen LogP contribution is -2.28. The summed E-state index contributed by atoms with van der Waals surface area (Å²) >= 11 is 5.62. The third-order valence-corrected chi connectivity index (χ3v) is 2.18. The highest BCUT2D eigenvalue weighted by atomic mass is 35.5. The van der Waals surface area contributed by atoms with E-state index in [4.69, 9.17) is 17.3 Å². The summed E-state index contributed by atoms with van der Waals surface area (Å²) in [6, 6.07) is 2.38. The quantitative estimate of drug-likeness (QED) is 0.777. The molecule has 1 aromatic carbocycles. The maximum Gasteiger partial charge on any atom is 0.407 e. The molecule has 14 heavy (non-hydrogen) atoms. The summed E-state index contributed by atoms with van der Waals surface area (Å²) in [4.78, 5) is 0. The molecule has 5 heteroatoms. The van der Waals surface area contributed by atoms with Gasteiger partial charge in [-0.2, -0.15) is 13.2 Å². The largest absolute Gasteiger partial charge is 0.407 e. The highest BCUT2D eigenvalue weighted by Gasteiger charge is 2.38. The molecule has 0 aliphatic carbocycles. The average Bonchev–Trinajstić information content (AvgIpc) is 2.06. The molecule has 0 aromatic heterocycles. The van der Waals surface area contributed by atoms with Gasteiger partial charge in [0.2, 0.25) is 0 Å². The van der Waals surface area contributed by atoms with Crippen LogP contribution in [0.4, 0.5) is 13.2 Å². The van der Waals surface area contributed by atoms with Crippen molar-refractivity contribution in [1.82, 2.24) is 0 Å². The summed E-state index contributed by atoms with van der Waals surface area (Å²) in [5, 5.41) is 0.0421. The van der Waals surface area contributed by atoms with Gasteiger partial charge in [-0.15, -0.1) is 0 Å². The number of rotatable bonds is 1. The van der Waals surface area contributed by atoms with Crippen LogP contribution in [-0.4, -0.2) is 6.18 Å². The van der Waals surface area contributed by atoms with Gasteiger partial charge in [0.05, 0.1) is 0 Å². The lowest BCUT2D eigenvalue weighted by atomic mass is 10.0. The van der Waals surface area contributed by atoms with Crippen LogP contribution in [0.5, 0.6) is 0 Å². The summed E-state index contributed by atoms with van der Waals surface area (Å²) in [6.45, 7) is 1.68. The van der Waals surface area contributed by atoms with E-state index in [-0.39, 0.29) is 10.6 Å². The fraction of sp³-hybridized carbons (Fsp3) is 0.333. The molecule has 0 bridgehead atoms. The van der Waals surface area contributed by atoms with Crippen LogP contribution in [0.1, 0.15) is 17.2 Å². The molecule has 0 aliphatic heterocycles. The van der Waals surface area contributed by atoms with Crippen molar-refractivity contribution in [3.63, 3.8) is 0 Å². The molecule has 0 aliphatic rings. The van der Waals surface area contributed by atoms with Crippen LogP contribution in [0.15, 0.2) is 18.2 Å². The van der Waals surface area contributed by atoms with Crippen LogP contribution in [0, 0.1) is 6.92 Å². The van der Waals surface area contributed by atoms with Gasteiger partial charge in [-0.1, -0.05) is 29.3 Å². The molecule has 78 valence electrons. The minimum Gasteiger partial charge on any atom is -0.316 e. The molecule has 0 spiro atoms. The molecule has 0 saturated heterocycles. The van der Waals surface area contributed by atoms with E-state index in [2.05, 4.69) is 0 Å². The Labute approximate surface area is 84.7 Å². The third-order valence-electron chi connectivity index (χ3n) is 1.84. The van der Waals surface area contributed by atoms with Crippen LogP contribution >= 0.6 is 11.6 Å². The lowest BCUT2D eigenvalue weighted by Gasteiger charge is -2.17. The van der Waals surface area contributed by atoms with Crippen LogP contribution in [0.25, 0.3) is 0 Å². The minimum atomic E-state index is -4.46. The van der Waals surface area contributed by atoms with Crippen molar-refractivity contribution < 1.29 is 13.2 Å². The fourth-order valence-electron chi connectivity index (χ4n) is 1.08. The second-order valence-electron chi connectivity index (χ2n) is 3.04. The topological polar surface area (TPSA) is 26.0 Å². The average molecular weight is 224 g/mol. The second-order valence-corrected chi connectivity index (χ2v) is 3.45. The predicted molar refractivity (Wildman–Crippen MR) is 49.2 cm³/mol. The number of halogens is 4. The van der Waals surface area contributed by atoms with E-state index in [1.165, 1.54) is 12.1 Å². The molecule has 0 heterocycles. The maximum atomic E-state index is 12.3. The smallest absolute Gasteiger partial charge is 0.316 e. The van der Waals surface area contributed by atoms with E-state index in [0.29, 0.717) is 5.56 Å². The fourth-order valence-corrected chi connectivity index (χ4v) is 1.31. The van der Waals surface area contributed by atoms with Gasteiger partial charge in [-0.05, 0) is 18.6 Å². The van der Waals surface area contributed by atoms with E-state index in [1.54, 1.807) is 13.0 Å². The third kappa shape index (κ3) is 2.39. The first-order valence-corrected chi connectivity index (χ1v) is 4.28. The van der Waals surface area contributed by atoms with Crippen molar-refractivity contribution in [1.29, 1.82) is 0 Å². The molecule has 0 radical (unpaired) electrons. The number of benzene rings is 1. The van der Waals surface area contributed by atoms with E-state index >= 15 is 0 Å². The van der Waals surface area contributed by atoms with Crippen molar-refractivity contribution in [2.24, 2.45) is 5.73 Å². The summed E-state index contributed by atoms with van der Waals surface area (Å²) in [7, 11) is 0. The van der Waals surface area contributed by atoms with Crippen molar-refractivity contribution in [2.75, 3.05) is 0 Å². The molecule has 2 N–H and O–H groups in total. The monoisotopic (exact) mass is 223 g/mol. The molecule has 1 atom stereocenters. The first kappa shape index (κ1) is 11.3. The van der Waals surface area contributed by atoms with Crippen LogP contribution < -0.4 is 5.73 Å². The van der Waals surface area contributed by atoms with Gasteiger partial charge in [0, 0.05) is 5.02 Å². The number of alkyl halides is 3. The normalized spacial score (nSPS) is 14.1. The molecule has 1 unspecified atom stereocenters. The van der Waals surface area contributed by atoms with E-state index < -0.39 is 12.2 Å². The van der Waals surface area contributed by atoms with Crippen molar-refractivity contribution in [2.45, 2.75) is 19.1 Å². The molecule has 0 saturated carbocycles. The molecule has 1 nitrogen and oxygen atoms in total. The van der Waals surface area contributed by atoms with Gasteiger partial charge >= 0.3 is 6.18 Å². The Bertz CT molecular complexity index is 335. The Morgan fingerprint density at radius 2 is 1.93 bits per heavy atom. The zero-order valence-corrected chi connectivity index (χ0v) is 8.15. The first-order valence-electron chi connectivity index (χ1n) is 3.90. The Kier molecular flexibility index (Phi) is 3.07. The van der Waals surface area contributed by atoms with Crippen LogP contribution in [-0.2, 0) is 0 Å². The Morgan fingerprint density at radius 3 is 2.43 bits per heavy atom. The second kappa shape index (κ2) is 3.79. The first-order chi connectivity index (χ1) is 6.32. The van der Waals surface area contributed by atoms with E-state index in [9.17, 15) is 13.2 Å². The summed E-state index contributed by atoms with van der Waals surface area (Å²) in [5.74, 6) is 0. The Morgan fingerprint density at radius 1 is 1.36 bits per heavy atom. The molecular formula is C9H9ClF3N. The number of hydrogen-bond donors (Lipinski definition) is 1. The van der Waals surface area contributed by atoms with Gasteiger partial charge in [0.25, 0.3) is 0 Å². The summed E-state index contributed by atoms with van der Waals surface area (Å²) in [5.41, 5.74) is 5.65. The Balaban J connectivity index is 3.12. The van der Waals surface area contributed by atoms with Gasteiger partial charge < -0.3 is 5.73 Å². The lowest BCUT2D eigenvalue weighted by molar-refractivity contribution is -0.149. The Hall–Kier alpha value is -0.740. The molecule has 1 rings (SSSR count). The van der Waals surface area contributed by atoms with Gasteiger partial charge in [-0.25, -0.2) is 0 Å². The molecular weight excluding hydrogens is 215 g/mol. The highest BCUT2D eigenvalue weighted by Crippen LogP contribution is 2.34. The van der Waals surface area contributed by atoms with Crippen LogP contribution in [0.2, 0.25) is 5.02 Å². The zero-order chi connectivity index (χ0) is 10.9. The summed E-state index contributed by atoms with van der Waals surface area (Å²) < 4.78 is 36.8. The van der Waals surface area contributed by atoms with Gasteiger partial charge in [0.1, 0.15) is 6.04 Å². The predicted octanol–water partition coefficient (Wildman–Crippen LogP) is 3.21. The van der Waals surface area contributed by atoms with Gasteiger partial charge in [0.15, 0.2) is 0 Å². The van der Waals surface area contributed by atoms with Crippen molar-refractivity contribution >= 4 is 11.6 Å². The molecule has 1 aromatic rings. The van der Waals surface area contributed by atoms with Crippen LogP contribution in [0.3, 0.4) is 0 Å². The van der Waals surface area contributed by atoms with Gasteiger partial charge in [-0.3, -0.25) is 0 Å². The van der Waals surface area contributed by atoms with E-state index in [1.807, 2.05) is 0 Å².